The van der Waals surface area contributed by atoms with E-state index in [-0.39, 0.29) is 0 Å². The van der Waals surface area contributed by atoms with Crippen LogP contribution in [0.25, 0.3) is 10.9 Å². The third-order valence-corrected chi connectivity index (χ3v) is 2.41. The summed E-state index contributed by atoms with van der Waals surface area (Å²) in [5.41, 5.74) is 1.85. The number of rotatable bonds is 2. The highest BCUT2D eigenvalue weighted by Gasteiger charge is 2.20. The van der Waals surface area contributed by atoms with E-state index in [1.54, 1.807) is 12.3 Å². The second-order valence-electron chi connectivity index (χ2n) is 3.34. The molecule has 0 spiro atoms. The molecule has 1 N–H and O–H groups in total. The highest BCUT2D eigenvalue weighted by atomic mass is 16.5. The van der Waals surface area contributed by atoms with Crippen molar-refractivity contribution in [2.75, 3.05) is 7.11 Å². The first-order chi connectivity index (χ1) is 7.65. The summed E-state index contributed by atoms with van der Waals surface area (Å²) in [5, 5.41) is 0.683. The molecular weight excluding hydrogens is 208 g/mol. The van der Waals surface area contributed by atoms with Crippen LogP contribution in [0.1, 0.15) is 16.1 Å². The fraction of sp³-hybridized carbons (Fsp3) is 0.182. The van der Waals surface area contributed by atoms with Gasteiger partial charge in [-0.15, -0.1) is 0 Å². The zero-order chi connectivity index (χ0) is 11.7. The van der Waals surface area contributed by atoms with Crippen LogP contribution in [0, 0.1) is 6.92 Å². The van der Waals surface area contributed by atoms with Crippen LogP contribution in [-0.2, 0) is 9.53 Å². The Balaban J connectivity index is 2.59. The van der Waals surface area contributed by atoms with Gasteiger partial charge in [-0.05, 0) is 13.0 Å². The minimum atomic E-state index is -0.865. The fourth-order valence-electron chi connectivity index (χ4n) is 1.59. The van der Waals surface area contributed by atoms with Gasteiger partial charge >= 0.3 is 5.97 Å². The van der Waals surface area contributed by atoms with Crippen molar-refractivity contribution in [1.29, 1.82) is 0 Å². The molecule has 0 aliphatic heterocycles. The predicted molar refractivity (Wildman–Crippen MR) is 57.2 cm³/mol. The first-order valence-corrected chi connectivity index (χ1v) is 4.70. The number of nitrogens with one attached hydrogen (secondary N) is 1. The third kappa shape index (κ3) is 1.46. The van der Waals surface area contributed by atoms with Gasteiger partial charge in [0.05, 0.1) is 23.9 Å². The molecule has 0 saturated carbocycles. The molecule has 0 aliphatic carbocycles. The third-order valence-electron chi connectivity index (χ3n) is 2.41. The van der Waals surface area contributed by atoms with Gasteiger partial charge in [0.1, 0.15) is 0 Å². The van der Waals surface area contributed by atoms with Crippen molar-refractivity contribution in [2.45, 2.75) is 6.92 Å². The first-order valence-electron chi connectivity index (χ1n) is 4.70. The average Bonchev–Trinajstić information content (AvgIpc) is 2.72. The molecule has 5 heteroatoms. The van der Waals surface area contributed by atoms with Crippen LogP contribution in [0.5, 0.6) is 0 Å². The molecular formula is C11H10N2O3. The molecule has 2 rings (SSSR count). The van der Waals surface area contributed by atoms with E-state index in [4.69, 9.17) is 0 Å². The summed E-state index contributed by atoms with van der Waals surface area (Å²) >= 11 is 0. The van der Waals surface area contributed by atoms with E-state index >= 15 is 0 Å². The number of aryl methyl sites for hydroxylation is 1. The maximum atomic E-state index is 11.6. The van der Waals surface area contributed by atoms with Crippen LogP contribution >= 0.6 is 0 Å². The van der Waals surface area contributed by atoms with Crippen molar-refractivity contribution in [1.82, 2.24) is 9.97 Å². The smallest absolute Gasteiger partial charge is 0.379 e. The number of nitrogens with zero attached hydrogens (tertiary/aromatic N) is 1. The molecule has 0 fully saturated rings. The summed E-state index contributed by atoms with van der Waals surface area (Å²) < 4.78 is 4.40. The summed E-state index contributed by atoms with van der Waals surface area (Å²) in [5.74, 6) is -1.52. The Labute approximate surface area is 91.4 Å². The summed E-state index contributed by atoms with van der Waals surface area (Å²) in [7, 11) is 1.18. The van der Waals surface area contributed by atoms with E-state index in [1.807, 2.05) is 6.92 Å². The van der Waals surface area contributed by atoms with Gasteiger partial charge in [0.15, 0.2) is 0 Å². The summed E-state index contributed by atoms with van der Waals surface area (Å²) in [4.78, 5) is 29.8. The number of hydrogen-bond acceptors (Lipinski definition) is 4. The van der Waals surface area contributed by atoms with E-state index in [0.29, 0.717) is 10.9 Å². The zero-order valence-electron chi connectivity index (χ0n) is 8.90. The first kappa shape index (κ1) is 10.4. The Morgan fingerprint density at radius 3 is 2.88 bits per heavy atom. The van der Waals surface area contributed by atoms with Gasteiger partial charge < -0.3 is 9.72 Å². The number of pyridine rings is 1. The molecule has 5 nitrogen and oxygen atoms in total. The van der Waals surface area contributed by atoms with Gasteiger partial charge in [-0.1, -0.05) is 0 Å². The number of fused-ring (bicyclic) bond motifs is 1. The van der Waals surface area contributed by atoms with Gasteiger partial charge in [0, 0.05) is 17.8 Å². The van der Waals surface area contributed by atoms with Crippen LogP contribution in [0.3, 0.4) is 0 Å². The van der Waals surface area contributed by atoms with Crippen LogP contribution in [0.2, 0.25) is 0 Å². The number of methoxy groups -OCH3 is 1. The number of H-pyrrole nitrogens is 1. The van der Waals surface area contributed by atoms with Crippen LogP contribution < -0.4 is 0 Å². The SMILES string of the molecule is COC(=O)C(=O)c1c[nH]c2c(C)nccc12. The van der Waals surface area contributed by atoms with Gasteiger partial charge in [0.2, 0.25) is 0 Å². The molecule has 16 heavy (non-hydrogen) atoms. The van der Waals surface area contributed by atoms with E-state index < -0.39 is 11.8 Å². The van der Waals surface area contributed by atoms with Gasteiger partial charge in [0.25, 0.3) is 5.78 Å². The molecule has 0 amide bonds. The number of aromatic nitrogens is 2. The zero-order valence-corrected chi connectivity index (χ0v) is 8.90. The Kier molecular flexibility index (Phi) is 2.44. The maximum Gasteiger partial charge on any atom is 0.379 e. The van der Waals surface area contributed by atoms with Gasteiger partial charge in [-0.2, -0.15) is 0 Å². The molecule has 82 valence electrons. The topological polar surface area (TPSA) is 72.1 Å². The lowest BCUT2D eigenvalue weighted by Gasteiger charge is -1.97. The maximum absolute atomic E-state index is 11.6. The predicted octanol–water partition coefficient (Wildman–Crippen LogP) is 1.23. The number of hydrogen-bond donors (Lipinski definition) is 1. The Bertz CT molecular complexity index is 572. The van der Waals surface area contributed by atoms with Crippen LogP contribution in [-0.4, -0.2) is 28.8 Å². The van der Waals surface area contributed by atoms with Crippen LogP contribution in [0.4, 0.5) is 0 Å². The lowest BCUT2D eigenvalue weighted by atomic mass is 10.1. The summed E-state index contributed by atoms with van der Waals surface area (Å²) in [6.45, 7) is 1.82. The summed E-state index contributed by atoms with van der Waals surface area (Å²) in [6.07, 6.45) is 3.10. The molecule has 0 unspecified atom stereocenters. The largest absolute Gasteiger partial charge is 0.463 e. The molecule has 2 aromatic rings. The molecule has 0 aromatic carbocycles. The standard InChI is InChI=1S/C11H10N2O3/c1-6-9-7(3-4-12-6)8(5-13-9)10(14)11(15)16-2/h3-5,13H,1-2H3. The van der Waals surface area contributed by atoms with Crippen LogP contribution in [0.15, 0.2) is 18.5 Å². The van der Waals surface area contributed by atoms with E-state index in [0.717, 1.165) is 11.2 Å². The number of aromatic amines is 1. The lowest BCUT2D eigenvalue weighted by Crippen LogP contribution is -2.15. The number of carbonyl (C=O) groups is 2. The molecule has 2 aromatic heterocycles. The molecule has 0 radical (unpaired) electrons. The van der Waals surface area contributed by atoms with Crippen molar-refractivity contribution in [3.8, 4) is 0 Å². The van der Waals surface area contributed by atoms with E-state index in [9.17, 15) is 9.59 Å². The molecule has 0 aliphatic rings. The molecule has 0 atom stereocenters. The van der Waals surface area contributed by atoms with E-state index in [1.165, 1.54) is 13.3 Å². The minimum absolute atomic E-state index is 0.312. The van der Waals surface area contributed by atoms with Gasteiger partial charge in [-0.3, -0.25) is 9.78 Å². The lowest BCUT2D eigenvalue weighted by molar-refractivity contribution is -0.135. The fourth-order valence-corrected chi connectivity index (χ4v) is 1.59. The van der Waals surface area contributed by atoms with Crippen molar-refractivity contribution < 1.29 is 14.3 Å². The number of Topliss-reactive ketones (excluding diaryl/α,β-unsaturated/α-hetero) is 1. The van der Waals surface area contributed by atoms with Crippen molar-refractivity contribution in [2.24, 2.45) is 0 Å². The number of ketones is 1. The molecule has 0 saturated heterocycles. The van der Waals surface area contributed by atoms with Crippen molar-refractivity contribution >= 4 is 22.7 Å². The number of esters is 1. The average molecular weight is 218 g/mol. The number of ether oxygens (including phenoxy) is 1. The van der Waals surface area contributed by atoms with Crippen molar-refractivity contribution in [3.05, 3.63) is 29.7 Å². The Morgan fingerprint density at radius 1 is 1.44 bits per heavy atom. The summed E-state index contributed by atoms with van der Waals surface area (Å²) in [6, 6.07) is 1.69. The van der Waals surface area contributed by atoms with Gasteiger partial charge in [-0.25, -0.2) is 4.79 Å². The molecule has 2 heterocycles. The highest BCUT2D eigenvalue weighted by molar-refractivity contribution is 6.42. The molecule has 0 bridgehead atoms. The second-order valence-corrected chi connectivity index (χ2v) is 3.34. The normalized spacial score (nSPS) is 10.4. The minimum Gasteiger partial charge on any atom is -0.463 e. The number of carbonyl (C=O) groups excluding carboxylic acids is 2. The highest BCUT2D eigenvalue weighted by Crippen LogP contribution is 2.20. The second kappa shape index (κ2) is 3.77. The Hall–Kier alpha value is -2.17. The monoisotopic (exact) mass is 218 g/mol. The van der Waals surface area contributed by atoms with Crippen molar-refractivity contribution in [3.63, 3.8) is 0 Å². The van der Waals surface area contributed by atoms with E-state index in [2.05, 4.69) is 14.7 Å². The quantitative estimate of drug-likeness (QED) is 0.467. The Morgan fingerprint density at radius 2 is 2.19 bits per heavy atom.